The van der Waals surface area contributed by atoms with Crippen LogP contribution in [0.5, 0.6) is 0 Å². The molecule has 0 aliphatic carbocycles. The van der Waals surface area contributed by atoms with E-state index in [0.29, 0.717) is 37.2 Å². The van der Waals surface area contributed by atoms with Crippen molar-refractivity contribution in [1.82, 2.24) is 4.90 Å². The highest BCUT2D eigenvalue weighted by molar-refractivity contribution is 5.94. The van der Waals surface area contributed by atoms with Crippen molar-refractivity contribution in [2.45, 2.75) is 37.9 Å². The van der Waals surface area contributed by atoms with Gasteiger partial charge in [0.25, 0.3) is 5.91 Å². The fraction of sp³-hybridized carbons (Fsp3) is 0.562. The predicted molar refractivity (Wildman–Crippen MR) is 75.6 cm³/mol. The monoisotopic (exact) mass is 293 g/mol. The number of hydrogen-bond donors (Lipinski definition) is 1. The van der Waals surface area contributed by atoms with Crippen molar-refractivity contribution in [3.8, 4) is 0 Å². The Labute approximate surface area is 123 Å². The molecular weight excluding hydrogens is 273 g/mol. The van der Waals surface area contributed by atoms with Crippen molar-refractivity contribution >= 4 is 5.91 Å². The van der Waals surface area contributed by atoms with Gasteiger partial charge in [-0.05, 0) is 43.9 Å². The molecule has 114 valence electrons. The number of ether oxygens (including phenoxy) is 1. The number of likely N-dealkylation sites (tertiary alicyclic amines) is 1. The van der Waals surface area contributed by atoms with Gasteiger partial charge in [-0.15, -0.1) is 0 Å². The first-order valence-electron chi connectivity index (χ1n) is 7.39. The number of aryl methyl sites for hydroxylation is 1. The maximum atomic E-state index is 13.6. The maximum absolute atomic E-state index is 13.6. The number of carbonyl (C=O) groups is 1. The van der Waals surface area contributed by atoms with Crippen LogP contribution < -0.4 is 0 Å². The van der Waals surface area contributed by atoms with Gasteiger partial charge in [-0.1, -0.05) is 6.07 Å². The molecule has 2 aliphatic heterocycles. The van der Waals surface area contributed by atoms with Crippen LogP contribution in [0.15, 0.2) is 18.2 Å². The van der Waals surface area contributed by atoms with Crippen LogP contribution in [-0.2, 0) is 4.74 Å². The highest BCUT2D eigenvalue weighted by atomic mass is 19.1. The van der Waals surface area contributed by atoms with Crippen LogP contribution in [0.1, 0.15) is 35.2 Å². The lowest BCUT2D eigenvalue weighted by Crippen LogP contribution is -2.57. The lowest BCUT2D eigenvalue weighted by Gasteiger charge is -2.43. The molecular formula is C16H20FNO3. The molecule has 3 rings (SSSR count). The van der Waals surface area contributed by atoms with E-state index in [2.05, 4.69) is 0 Å². The number of hydrogen-bond acceptors (Lipinski definition) is 3. The number of aliphatic hydroxyl groups is 1. The lowest BCUT2D eigenvalue weighted by molar-refractivity contribution is -0.124. The minimum atomic E-state index is -0.628. The van der Waals surface area contributed by atoms with Gasteiger partial charge in [0.2, 0.25) is 0 Å². The first-order chi connectivity index (χ1) is 10.0. The third-order valence-electron chi connectivity index (χ3n) is 4.58. The van der Waals surface area contributed by atoms with E-state index in [1.165, 1.54) is 6.07 Å². The van der Waals surface area contributed by atoms with E-state index in [1.54, 1.807) is 24.0 Å². The fourth-order valence-corrected chi connectivity index (χ4v) is 3.24. The second kappa shape index (κ2) is 5.39. The maximum Gasteiger partial charge on any atom is 0.254 e. The Morgan fingerprint density at radius 2 is 2.33 bits per heavy atom. The van der Waals surface area contributed by atoms with E-state index >= 15 is 0 Å². The number of rotatable bonds is 1. The molecule has 2 atom stereocenters. The molecule has 2 saturated heterocycles. The van der Waals surface area contributed by atoms with Crippen LogP contribution in [0.25, 0.3) is 0 Å². The Morgan fingerprint density at radius 1 is 1.52 bits per heavy atom. The second-order valence-electron chi connectivity index (χ2n) is 6.01. The van der Waals surface area contributed by atoms with Crippen LogP contribution in [0.3, 0.4) is 0 Å². The average Bonchev–Trinajstić information content (AvgIpc) is 2.94. The number of carbonyl (C=O) groups excluding carboxylic acids is 1. The van der Waals surface area contributed by atoms with Crippen molar-refractivity contribution < 1.29 is 19.0 Å². The van der Waals surface area contributed by atoms with Crippen LogP contribution >= 0.6 is 0 Å². The Balaban J connectivity index is 1.80. The van der Waals surface area contributed by atoms with E-state index in [9.17, 15) is 14.3 Å². The summed E-state index contributed by atoms with van der Waals surface area (Å²) in [5, 5.41) is 10.2. The fourth-order valence-electron chi connectivity index (χ4n) is 3.24. The summed E-state index contributed by atoms with van der Waals surface area (Å²) in [5.74, 6) is -0.569. The van der Waals surface area contributed by atoms with E-state index in [1.807, 2.05) is 0 Å². The van der Waals surface area contributed by atoms with Gasteiger partial charge in [0, 0.05) is 18.7 Å². The third kappa shape index (κ3) is 2.56. The van der Waals surface area contributed by atoms with Crippen LogP contribution in [-0.4, -0.2) is 47.3 Å². The second-order valence-corrected chi connectivity index (χ2v) is 6.01. The topological polar surface area (TPSA) is 49.8 Å². The summed E-state index contributed by atoms with van der Waals surface area (Å²) in [7, 11) is 0. The summed E-state index contributed by atoms with van der Waals surface area (Å²) < 4.78 is 19.4. The number of piperidine rings is 1. The van der Waals surface area contributed by atoms with Crippen LogP contribution in [0.4, 0.5) is 4.39 Å². The van der Waals surface area contributed by atoms with Crippen molar-refractivity contribution in [3.05, 3.63) is 35.1 Å². The molecule has 2 heterocycles. The standard InChI is InChI=1S/C16H20FNO3/c1-11-3-4-12(9-13(11)17)15(20)18-7-5-14(19)16(10-18)6-2-8-21-16/h3-4,9,14,19H,2,5-8,10H2,1H3/t14-,16-/m0/s1. The van der Waals surface area contributed by atoms with Gasteiger partial charge in [0.15, 0.2) is 0 Å². The smallest absolute Gasteiger partial charge is 0.254 e. The van der Waals surface area contributed by atoms with Crippen molar-refractivity contribution in [2.24, 2.45) is 0 Å². The van der Waals surface area contributed by atoms with Gasteiger partial charge in [-0.25, -0.2) is 4.39 Å². The van der Waals surface area contributed by atoms with E-state index in [4.69, 9.17) is 4.74 Å². The summed E-state index contributed by atoms with van der Waals surface area (Å²) in [5.41, 5.74) is 0.246. The number of halogens is 1. The van der Waals surface area contributed by atoms with Crippen molar-refractivity contribution in [1.29, 1.82) is 0 Å². The van der Waals surface area contributed by atoms with Crippen molar-refractivity contribution in [2.75, 3.05) is 19.7 Å². The normalized spacial score (nSPS) is 29.1. The molecule has 1 spiro atoms. The molecule has 0 bridgehead atoms. The highest BCUT2D eigenvalue weighted by Gasteiger charge is 2.47. The third-order valence-corrected chi connectivity index (χ3v) is 4.58. The Hall–Kier alpha value is -1.46. The zero-order chi connectivity index (χ0) is 15.0. The van der Waals surface area contributed by atoms with E-state index < -0.39 is 11.7 Å². The summed E-state index contributed by atoms with van der Waals surface area (Å²) in [6, 6.07) is 4.54. The molecule has 5 heteroatoms. The largest absolute Gasteiger partial charge is 0.390 e. The molecule has 1 aromatic rings. The number of benzene rings is 1. The Kier molecular flexibility index (Phi) is 3.71. The SMILES string of the molecule is Cc1ccc(C(=O)N2CC[C@H](O)[C@]3(CCCO3)C2)cc1F. The summed E-state index contributed by atoms with van der Waals surface area (Å²) in [4.78, 5) is 14.2. The van der Waals surface area contributed by atoms with Crippen LogP contribution in [0.2, 0.25) is 0 Å². The van der Waals surface area contributed by atoms with E-state index in [0.717, 1.165) is 12.8 Å². The molecule has 0 unspecified atom stereocenters. The zero-order valence-electron chi connectivity index (χ0n) is 12.1. The molecule has 0 aromatic heterocycles. The molecule has 21 heavy (non-hydrogen) atoms. The molecule has 1 aromatic carbocycles. The molecule has 1 N–H and O–H groups in total. The lowest BCUT2D eigenvalue weighted by atomic mass is 9.86. The predicted octanol–water partition coefficient (Wildman–Crippen LogP) is 1.89. The van der Waals surface area contributed by atoms with E-state index in [-0.39, 0.29) is 11.7 Å². The summed E-state index contributed by atoms with van der Waals surface area (Å²) in [6.07, 6.45) is 1.64. The molecule has 4 nitrogen and oxygen atoms in total. The first kappa shape index (κ1) is 14.5. The molecule has 0 saturated carbocycles. The molecule has 2 aliphatic rings. The summed E-state index contributed by atoms with van der Waals surface area (Å²) >= 11 is 0. The average molecular weight is 293 g/mol. The molecule has 0 radical (unpaired) electrons. The molecule has 2 fully saturated rings. The number of aliphatic hydroxyl groups excluding tert-OH is 1. The number of amides is 1. The molecule has 1 amide bonds. The minimum absolute atomic E-state index is 0.198. The minimum Gasteiger partial charge on any atom is -0.390 e. The van der Waals surface area contributed by atoms with Gasteiger partial charge in [-0.2, -0.15) is 0 Å². The number of nitrogens with zero attached hydrogens (tertiary/aromatic N) is 1. The highest BCUT2D eigenvalue weighted by Crippen LogP contribution is 2.35. The zero-order valence-corrected chi connectivity index (χ0v) is 12.1. The van der Waals surface area contributed by atoms with Gasteiger partial charge in [0.1, 0.15) is 11.4 Å². The Bertz CT molecular complexity index is 554. The van der Waals surface area contributed by atoms with Crippen molar-refractivity contribution in [3.63, 3.8) is 0 Å². The van der Waals surface area contributed by atoms with Gasteiger partial charge in [0.05, 0.1) is 12.6 Å². The van der Waals surface area contributed by atoms with Gasteiger partial charge < -0.3 is 14.7 Å². The van der Waals surface area contributed by atoms with Gasteiger partial charge in [-0.3, -0.25) is 4.79 Å². The summed E-state index contributed by atoms with van der Waals surface area (Å²) in [6.45, 7) is 3.14. The first-order valence-corrected chi connectivity index (χ1v) is 7.39. The van der Waals surface area contributed by atoms with Gasteiger partial charge >= 0.3 is 0 Å². The Morgan fingerprint density at radius 3 is 3.00 bits per heavy atom. The van der Waals surface area contributed by atoms with Crippen LogP contribution in [0, 0.1) is 12.7 Å². The quantitative estimate of drug-likeness (QED) is 0.860.